The van der Waals surface area contributed by atoms with Crippen molar-refractivity contribution in [2.24, 2.45) is 23.7 Å². The van der Waals surface area contributed by atoms with Crippen LogP contribution in [0.15, 0.2) is 0 Å². The molecule has 1 fully saturated rings. The summed E-state index contributed by atoms with van der Waals surface area (Å²) in [4.78, 5) is 0. The van der Waals surface area contributed by atoms with Gasteiger partial charge >= 0.3 is 8.56 Å². The smallest absolute Gasteiger partial charge is 0.347 e. The lowest BCUT2D eigenvalue weighted by Crippen LogP contribution is -2.57. The summed E-state index contributed by atoms with van der Waals surface area (Å²) in [7, 11) is 1.49. The van der Waals surface area contributed by atoms with Gasteiger partial charge in [-0.05, 0) is 30.1 Å². The van der Waals surface area contributed by atoms with Crippen molar-refractivity contribution in [3.05, 3.63) is 0 Å². The molecule has 3 heteroatoms. The summed E-state index contributed by atoms with van der Waals surface area (Å²) < 4.78 is 12.4. The molecule has 1 rings (SSSR count). The molecule has 4 atom stereocenters. The Morgan fingerprint density at radius 1 is 1.00 bits per heavy atom. The van der Waals surface area contributed by atoms with Crippen molar-refractivity contribution >= 4 is 8.56 Å². The van der Waals surface area contributed by atoms with E-state index in [-0.39, 0.29) is 5.04 Å². The van der Waals surface area contributed by atoms with Gasteiger partial charge in [0.2, 0.25) is 0 Å². The molecule has 4 unspecified atom stereocenters. The summed E-state index contributed by atoms with van der Waals surface area (Å²) in [6, 6.07) is 0. The Morgan fingerprint density at radius 3 is 1.74 bits per heavy atom. The molecule has 0 aromatic heterocycles. The highest BCUT2D eigenvalue weighted by Gasteiger charge is 2.62. The maximum atomic E-state index is 6.20. The second-order valence-electron chi connectivity index (χ2n) is 7.53. The van der Waals surface area contributed by atoms with Crippen molar-refractivity contribution in [2.45, 2.75) is 65.5 Å². The molecule has 1 saturated carbocycles. The summed E-state index contributed by atoms with van der Waals surface area (Å²) in [5, 5.41) is 0.119. The highest BCUT2D eigenvalue weighted by atomic mass is 28.4. The van der Waals surface area contributed by atoms with Crippen molar-refractivity contribution in [3.8, 4) is 0 Å². The number of hydrogen-bond acceptors (Lipinski definition) is 2. The van der Waals surface area contributed by atoms with Gasteiger partial charge in [0.1, 0.15) is 0 Å². The minimum atomic E-state index is -2.27. The van der Waals surface area contributed by atoms with Gasteiger partial charge < -0.3 is 8.85 Å². The molecular formula is C16H34O2Si. The first-order valence-corrected chi connectivity index (χ1v) is 9.65. The van der Waals surface area contributed by atoms with Crippen LogP contribution in [-0.2, 0) is 8.85 Å². The average molecular weight is 287 g/mol. The zero-order valence-electron chi connectivity index (χ0n) is 14.4. The highest BCUT2D eigenvalue weighted by Crippen LogP contribution is 2.59. The summed E-state index contributed by atoms with van der Waals surface area (Å²) in [5.41, 5.74) is 0.592. The van der Waals surface area contributed by atoms with E-state index in [1.807, 2.05) is 14.2 Å². The Kier molecular flexibility index (Phi) is 5.31. The molecule has 0 aliphatic heterocycles. The molecule has 0 N–H and O–H groups in total. The molecule has 0 amide bonds. The zero-order chi connectivity index (χ0) is 15.0. The molecule has 1 aliphatic carbocycles. The summed E-state index contributed by atoms with van der Waals surface area (Å²) in [6.45, 7) is 16.5. The molecule has 2 nitrogen and oxygen atoms in total. The SMILES string of the molecule is CO[Si](OC)(C1C(C)CC(C)C1C)C(C)(C)C(C)C. The van der Waals surface area contributed by atoms with E-state index in [0.717, 1.165) is 5.92 Å². The van der Waals surface area contributed by atoms with Gasteiger partial charge in [-0.15, -0.1) is 0 Å². The molecule has 0 heterocycles. The van der Waals surface area contributed by atoms with E-state index >= 15 is 0 Å². The largest absolute Gasteiger partial charge is 0.397 e. The van der Waals surface area contributed by atoms with Crippen LogP contribution in [0.4, 0.5) is 0 Å². The third-order valence-corrected chi connectivity index (χ3v) is 11.8. The maximum Gasteiger partial charge on any atom is 0.347 e. The van der Waals surface area contributed by atoms with Gasteiger partial charge in [0.05, 0.1) is 0 Å². The third-order valence-electron chi connectivity index (χ3n) is 6.21. The third kappa shape index (κ3) is 2.54. The minimum absolute atomic E-state index is 0.119. The second-order valence-corrected chi connectivity index (χ2v) is 11.6. The van der Waals surface area contributed by atoms with Gasteiger partial charge in [-0.25, -0.2) is 0 Å². The van der Waals surface area contributed by atoms with E-state index < -0.39 is 8.56 Å². The fraction of sp³-hybridized carbons (Fsp3) is 1.00. The Balaban J connectivity index is 3.27. The van der Waals surface area contributed by atoms with E-state index in [4.69, 9.17) is 8.85 Å². The first-order chi connectivity index (χ1) is 8.65. The van der Waals surface area contributed by atoms with Crippen LogP contribution < -0.4 is 0 Å². The first-order valence-electron chi connectivity index (χ1n) is 7.76. The molecule has 0 spiro atoms. The normalized spacial score (nSPS) is 33.2. The van der Waals surface area contributed by atoms with E-state index in [9.17, 15) is 0 Å². The Labute approximate surface area is 121 Å². The molecule has 0 aromatic carbocycles. The van der Waals surface area contributed by atoms with Crippen molar-refractivity contribution in [1.29, 1.82) is 0 Å². The lowest BCUT2D eigenvalue weighted by Gasteiger charge is -2.49. The molecule has 114 valence electrons. The minimum Gasteiger partial charge on any atom is -0.397 e. The predicted molar refractivity (Wildman–Crippen MR) is 84.5 cm³/mol. The topological polar surface area (TPSA) is 18.5 Å². The number of hydrogen-bond donors (Lipinski definition) is 0. The Hall–Kier alpha value is 0.137. The van der Waals surface area contributed by atoms with E-state index in [2.05, 4.69) is 48.5 Å². The maximum absolute atomic E-state index is 6.20. The fourth-order valence-corrected chi connectivity index (χ4v) is 9.59. The van der Waals surface area contributed by atoms with Crippen LogP contribution in [0.3, 0.4) is 0 Å². The quantitative estimate of drug-likeness (QED) is 0.673. The highest BCUT2D eigenvalue weighted by molar-refractivity contribution is 6.72. The molecule has 1 aliphatic rings. The summed E-state index contributed by atoms with van der Waals surface area (Å²) >= 11 is 0. The monoisotopic (exact) mass is 286 g/mol. The number of rotatable bonds is 5. The van der Waals surface area contributed by atoms with Gasteiger partial charge in [0.15, 0.2) is 0 Å². The summed E-state index contributed by atoms with van der Waals surface area (Å²) in [6.07, 6.45) is 1.31. The van der Waals surface area contributed by atoms with Crippen LogP contribution in [-0.4, -0.2) is 22.8 Å². The molecule has 0 aromatic rings. The lowest BCUT2D eigenvalue weighted by atomic mass is 9.99. The van der Waals surface area contributed by atoms with Crippen LogP contribution in [0.25, 0.3) is 0 Å². The molecule has 19 heavy (non-hydrogen) atoms. The van der Waals surface area contributed by atoms with Crippen molar-refractivity contribution < 1.29 is 8.85 Å². The lowest BCUT2D eigenvalue weighted by molar-refractivity contribution is 0.164. The van der Waals surface area contributed by atoms with Crippen molar-refractivity contribution in [1.82, 2.24) is 0 Å². The summed E-state index contributed by atoms with van der Waals surface area (Å²) in [5.74, 6) is 2.74. The van der Waals surface area contributed by atoms with Gasteiger partial charge in [0.25, 0.3) is 0 Å². The zero-order valence-corrected chi connectivity index (χ0v) is 15.4. The first kappa shape index (κ1) is 17.2. The standard InChI is InChI=1S/C16H34O2Si/c1-11(2)16(6,7)19(17-8,18-9)15-13(4)10-12(3)14(15)5/h11-15H,10H2,1-9H3. The molecule has 0 radical (unpaired) electrons. The van der Waals surface area contributed by atoms with Crippen LogP contribution in [0.2, 0.25) is 10.6 Å². The van der Waals surface area contributed by atoms with Gasteiger partial charge in [-0.3, -0.25) is 0 Å². The predicted octanol–water partition coefficient (Wildman–Crippen LogP) is 4.84. The van der Waals surface area contributed by atoms with Gasteiger partial charge in [0, 0.05) is 24.8 Å². The molecule has 0 bridgehead atoms. The van der Waals surface area contributed by atoms with Gasteiger partial charge in [-0.2, -0.15) is 0 Å². The van der Waals surface area contributed by atoms with Gasteiger partial charge in [-0.1, -0.05) is 48.5 Å². The van der Waals surface area contributed by atoms with Crippen LogP contribution >= 0.6 is 0 Å². The van der Waals surface area contributed by atoms with E-state index in [1.165, 1.54) is 6.42 Å². The van der Waals surface area contributed by atoms with Crippen molar-refractivity contribution in [2.75, 3.05) is 14.2 Å². The molecule has 0 saturated heterocycles. The second kappa shape index (κ2) is 5.86. The van der Waals surface area contributed by atoms with Crippen LogP contribution in [0, 0.1) is 23.7 Å². The average Bonchev–Trinajstić information content (AvgIpc) is 2.57. The Bertz CT molecular complexity index is 297. The van der Waals surface area contributed by atoms with Crippen LogP contribution in [0.5, 0.6) is 0 Å². The van der Waals surface area contributed by atoms with E-state index in [1.54, 1.807) is 0 Å². The van der Waals surface area contributed by atoms with Crippen molar-refractivity contribution in [3.63, 3.8) is 0 Å². The molecular weight excluding hydrogens is 252 g/mol. The van der Waals surface area contributed by atoms with Crippen LogP contribution in [0.1, 0.15) is 54.9 Å². The van der Waals surface area contributed by atoms with E-state index in [0.29, 0.717) is 23.3 Å². The Morgan fingerprint density at radius 2 is 1.47 bits per heavy atom. The fourth-order valence-electron chi connectivity index (χ4n) is 4.25.